The molecule has 0 saturated carbocycles. The molecular weight excluding hydrogens is 264 g/mol. The molecule has 0 atom stereocenters. The average molecular weight is 280 g/mol. The van der Waals surface area contributed by atoms with Crippen molar-refractivity contribution in [2.24, 2.45) is 0 Å². The Hall–Kier alpha value is -2.43. The number of aromatic nitrogens is 2. The van der Waals surface area contributed by atoms with Crippen LogP contribution < -0.4 is 0 Å². The smallest absolute Gasteiger partial charge is 0.126 e. The van der Waals surface area contributed by atoms with E-state index in [2.05, 4.69) is 33.8 Å². The Bertz CT molecular complexity index is 693. The normalized spacial score (nSPS) is 10.7. The van der Waals surface area contributed by atoms with Gasteiger partial charge in [0, 0.05) is 11.3 Å². The fourth-order valence-corrected chi connectivity index (χ4v) is 2.29. The van der Waals surface area contributed by atoms with Gasteiger partial charge in [0.1, 0.15) is 12.9 Å². The first-order valence-electron chi connectivity index (χ1n) is 6.73. The molecule has 0 bridgehead atoms. The predicted molar refractivity (Wildman–Crippen MR) is 80.8 cm³/mol. The lowest BCUT2D eigenvalue weighted by Gasteiger charge is -2.10. The van der Waals surface area contributed by atoms with Gasteiger partial charge in [0.2, 0.25) is 0 Å². The van der Waals surface area contributed by atoms with E-state index in [1.165, 1.54) is 7.11 Å². The van der Waals surface area contributed by atoms with E-state index in [0.29, 0.717) is 6.61 Å². The molecule has 0 N–H and O–H groups in total. The van der Waals surface area contributed by atoms with Crippen LogP contribution >= 0.6 is 0 Å². The van der Waals surface area contributed by atoms with Crippen LogP contribution in [0.2, 0.25) is 0 Å². The first-order valence-corrected chi connectivity index (χ1v) is 6.73. The molecule has 4 heteroatoms. The molecule has 0 saturated heterocycles. The van der Waals surface area contributed by atoms with Crippen molar-refractivity contribution in [2.45, 2.75) is 6.61 Å². The van der Waals surface area contributed by atoms with Crippen LogP contribution in [-0.2, 0) is 16.4 Å². The summed E-state index contributed by atoms with van der Waals surface area (Å²) in [5.74, 6) is 0. The van der Waals surface area contributed by atoms with Crippen LogP contribution in [0.3, 0.4) is 0 Å². The van der Waals surface area contributed by atoms with Gasteiger partial charge in [0.05, 0.1) is 18.5 Å². The van der Waals surface area contributed by atoms with Crippen LogP contribution in [0.1, 0.15) is 5.69 Å². The zero-order valence-electron chi connectivity index (χ0n) is 11.8. The highest BCUT2D eigenvalue weighted by Crippen LogP contribution is 2.26. The van der Waals surface area contributed by atoms with Crippen molar-refractivity contribution in [1.29, 1.82) is 0 Å². The van der Waals surface area contributed by atoms with Crippen LogP contribution in [0.25, 0.3) is 16.9 Å². The van der Waals surface area contributed by atoms with Crippen LogP contribution in [0, 0.1) is 0 Å². The largest absolute Gasteiger partial charge is 0.299 e. The van der Waals surface area contributed by atoms with E-state index in [9.17, 15) is 0 Å². The molecule has 0 unspecified atom stereocenters. The number of benzene rings is 2. The summed E-state index contributed by atoms with van der Waals surface area (Å²) >= 11 is 0. The highest BCUT2D eigenvalue weighted by molar-refractivity contribution is 5.65. The number of imidazole rings is 1. The van der Waals surface area contributed by atoms with Crippen LogP contribution in [0.5, 0.6) is 0 Å². The molecule has 0 radical (unpaired) electrons. The van der Waals surface area contributed by atoms with Gasteiger partial charge in [0.15, 0.2) is 0 Å². The Kier molecular flexibility index (Phi) is 4.09. The van der Waals surface area contributed by atoms with Gasteiger partial charge in [-0.1, -0.05) is 48.5 Å². The predicted octanol–water partition coefficient (Wildman–Crippen LogP) is 3.62. The van der Waals surface area contributed by atoms with E-state index < -0.39 is 0 Å². The van der Waals surface area contributed by atoms with Crippen LogP contribution in [0.4, 0.5) is 0 Å². The molecule has 3 aromatic rings. The third-order valence-corrected chi connectivity index (χ3v) is 3.24. The quantitative estimate of drug-likeness (QED) is 0.529. The maximum atomic E-state index is 5.06. The summed E-state index contributed by atoms with van der Waals surface area (Å²) in [5.41, 5.74) is 4.01. The molecule has 0 amide bonds. The van der Waals surface area contributed by atoms with Crippen LogP contribution in [-0.4, -0.2) is 16.7 Å². The molecule has 3 rings (SSSR count). The standard InChI is InChI=1S/C17H16N2O2/c1-20-21-12-16-17(14-8-4-2-5-9-14)19(13-18-16)15-10-6-3-7-11-15/h2-11,13H,12H2,1H3. The summed E-state index contributed by atoms with van der Waals surface area (Å²) in [6.07, 6.45) is 1.81. The van der Waals surface area contributed by atoms with Crippen molar-refractivity contribution in [2.75, 3.05) is 7.11 Å². The van der Waals surface area contributed by atoms with Gasteiger partial charge in [-0.25, -0.2) is 14.8 Å². The zero-order valence-corrected chi connectivity index (χ0v) is 11.8. The number of rotatable bonds is 5. The second-order valence-electron chi connectivity index (χ2n) is 4.54. The Morgan fingerprint density at radius 3 is 2.29 bits per heavy atom. The summed E-state index contributed by atoms with van der Waals surface area (Å²) in [6, 6.07) is 20.3. The molecule has 4 nitrogen and oxygen atoms in total. The minimum Gasteiger partial charge on any atom is -0.299 e. The lowest BCUT2D eigenvalue weighted by atomic mass is 10.1. The average Bonchev–Trinajstić information content (AvgIpc) is 2.98. The van der Waals surface area contributed by atoms with Crippen molar-refractivity contribution in [3.63, 3.8) is 0 Å². The van der Waals surface area contributed by atoms with Gasteiger partial charge >= 0.3 is 0 Å². The van der Waals surface area contributed by atoms with Crippen molar-refractivity contribution in [3.8, 4) is 16.9 Å². The zero-order chi connectivity index (χ0) is 14.5. The third kappa shape index (κ3) is 2.86. The van der Waals surface area contributed by atoms with Gasteiger partial charge in [0.25, 0.3) is 0 Å². The molecule has 0 aliphatic heterocycles. The highest BCUT2D eigenvalue weighted by atomic mass is 17.2. The molecule has 21 heavy (non-hydrogen) atoms. The lowest BCUT2D eigenvalue weighted by molar-refractivity contribution is -0.282. The van der Waals surface area contributed by atoms with E-state index in [4.69, 9.17) is 9.78 Å². The van der Waals surface area contributed by atoms with Gasteiger partial charge in [-0.3, -0.25) is 4.57 Å². The Labute approximate surface area is 123 Å². The lowest BCUT2D eigenvalue weighted by Crippen LogP contribution is -1.99. The Morgan fingerprint density at radius 2 is 1.62 bits per heavy atom. The highest BCUT2D eigenvalue weighted by Gasteiger charge is 2.14. The fourth-order valence-electron chi connectivity index (χ4n) is 2.29. The Balaban J connectivity index is 2.11. The molecule has 0 fully saturated rings. The molecule has 0 aliphatic rings. The summed E-state index contributed by atoms with van der Waals surface area (Å²) in [7, 11) is 1.50. The molecule has 106 valence electrons. The number of para-hydroxylation sites is 1. The molecule has 1 heterocycles. The number of nitrogens with zero attached hydrogens (tertiary/aromatic N) is 2. The van der Waals surface area contributed by atoms with Gasteiger partial charge in [-0.05, 0) is 12.1 Å². The first kappa shape index (κ1) is 13.5. The molecule has 0 aliphatic carbocycles. The van der Waals surface area contributed by atoms with E-state index >= 15 is 0 Å². The summed E-state index contributed by atoms with van der Waals surface area (Å²) < 4.78 is 2.06. The van der Waals surface area contributed by atoms with E-state index in [0.717, 1.165) is 22.6 Å². The second-order valence-corrected chi connectivity index (χ2v) is 4.54. The van der Waals surface area contributed by atoms with Crippen molar-refractivity contribution >= 4 is 0 Å². The van der Waals surface area contributed by atoms with E-state index in [-0.39, 0.29) is 0 Å². The maximum Gasteiger partial charge on any atom is 0.126 e. The first-order chi connectivity index (χ1) is 10.4. The molecule has 2 aromatic carbocycles. The summed E-state index contributed by atoms with van der Waals surface area (Å²) in [6.45, 7) is 0.306. The van der Waals surface area contributed by atoms with Crippen molar-refractivity contribution in [3.05, 3.63) is 72.7 Å². The van der Waals surface area contributed by atoms with Gasteiger partial charge in [-0.2, -0.15) is 0 Å². The molecule has 0 spiro atoms. The van der Waals surface area contributed by atoms with Gasteiger partial charge in [-0.15, -0.1) is 0 Å². The minimum absolute atomic E-state index is 0.306. The SMILES string of the molecule is COOCc1ncn(-c2ccccc2)c1-c1ccccc1. The van der Waals surface area contributed by atoms with E-state index in [1.54, 1.807) is 0 Å². The van der Waals surface area contributed by atoms with E-state index in [1.807, 2.05) is 42.7 Å². The summed E-state index contributed by atoms with van der Waals surface area (Å²) in [5, 5.41) is 0. The fraction of sp³-hybridized carbons (Fsp3) is 0.118. The number of hydrogen-bond acceptors (Lipinski definition) is 3. The molecule has 1 aromatic heterocycles. The maximum absolute atomic E-state index is 5.06. The van der Waals surface area contributed by atoms with Crippen molar-refractivity contribution in [1.82, 2.24) is 9.55 Å². The topological polar surface area (TPSA) is 36.3 Å². The summed E-state index contributed by atoms with van der Waals surface area (Å²) in [4.78, 5) is 14.2. The second kappa shape index (κ2) is 6.35. The minimum atomic E-state index is 0.306. The Morgan fingerprint density at radius 1 is 0.952 bits per heavy atom. The molecular formula is C17H16N2O2. The van der Waals surface area contributed by atoms with Gasteiger partial charge < -0.3 is 0 Å². The van der Waals surface area contributed by atoms with Crippen molar-refractivity contribution < 1.29 is 9.78 Å². The monoisotopic (exact) mass is 280 g/mol. The van der Waals surface area contributed by atoms with Crippen LogP contribution in [0.15, 0.2) is 67.0 Å². The third-order valence-electron chi connectivity index (χ3n) is 3.24. The number of hydrogen-bond donors (Lipinski definition) is 0.